The SMILES string of the molecule is O=C(O)C(=O)Cc1cccc(F)c1. The van der Waals surface area contributed by atoms with Crippen LogP contribution in [0.3, 0.4) is 0 Å². The number of halogens is 1. The van der Waals surface area contributed by atoms with Gasteiger partial charge in [-0.15, -0.1) is 0 Å². The number of hydrogen-bond donors (Lipinski definition) is 1. The minimum Gasteiger partial charge on any atom is -0.475 e. The van der Waals surface area contributed by atoms with E-state index in [4.69, 9.17) is 5.11 Å². The Labute approximate surface area is 73.8 Å². The summed E-state index contributed by atoms with van der Waals surface area (Å²) < 4.78 is 12.6. The summed E-state index contributed by atoms with van der Waals surface area (Å²) in [5.41, 5.74) is 0.368. The van der Waals surface area contributed by atoms with Gasteiger partial charge in [0.25, 0.3) is 0 Å². The Bertz CT molecular complexity index is 346. The summed E-state index contributed by atoms with van der Waals surface area (Å²) in [7, 11) is 0. The first-order valence-electron chi connectivity index (χ1n) is 3.60. The summed E-state index contributed by atoms with van der Waals surface area (Å²) in [5, 5.41) is 8.27. The molecule has 0 heterocycles. The number of carbonyl (C=O) groups is 2. The molecule has 0 saturated carbocycles. The summed E-state index contributed by atoms with van der Waals surface area (Å²) in [6, 6.07) is 5.30. The summed E-state index contributed by atoms with van der Waals surface area (Å²) >= 11 is 0. The maximum atomic E-state index is 12.6. The molecule has 4 heteroatoms. The standard InChI is InChI=1S/C9H7FO3/c10-7-3-1-2-6(4-7)5-8(11)9(12)13/h1-4H,5H2,(H,12,13). The number of rotatable bonds is 3. The molecule has 0 aliphatic carbocycles. The fourth-order valence-corrected chi connectivity index (χ4v) is 0.908. The van der Waals surface area contributed by atoms with Crippen LogP contribution >= 0.6 is 0 Å². The molecular weight excluding hydrogens is 175 g/mol. The van der Waals surface area contributed by atoms with E-state index >= 15 is 0 Å². The summed E-state index contributed by atoms with van der Waals surface area (Å²) in [5.74, 6) is -2.91. The first kappa shape index (κ1) is 9.38. The molecule has 0 bridgehead atoms. The molecule has 0 spiro atoms. The van der Waals surface area contributed by atoms with Crippen LogP contribution in [0.2, 0.25) is 0 Å². The Kier molecular flexibility index (Phi) is 2.74. The molecule has 68 valence electrons. The largest absolute Gasteiger partial charge is 0.475 e. The van der Waals surface area contributed by atoms with Gasteiger partial charge in [0.2, 0.25) is 5.78 Å². The first-order chi connectivity index (χ1) is 6.09. The molecular formula is C9H7FO3. The molecule has 13 heavy (non-hydrogen) atoms. The van der Waals surface area contributed by atoms with Crippen molar-refractivity contribution in [3.05, 3.63) is 35.6 Å². The molecule has 1 rings (SSSR count). The second kappa shape index (κ2) is 3.80. The molecule has 0 radical (unpaired) electrons. The first-order valence-corrected chi connectivity index (χ1v) is 3.60. The number of carbonyl (C=O) groups excluding carboxylic acids is 1. The fourth-order valence-electron chi connectivity index (χ4n) is 0.908. The van der Waals surface area contributed by atoms with Crippen molar-refractivity contribution in [2.75, 3.05) is 0 Å². The van der Waals surface area contributed by atoms with Crippen molar-refractivity contribution in [3.8, 4) is 0 Å². The Morgan fingerprint density at radius 1 is 1.38 bits per heavy atom. The number of benzene rings is 1. The number of carboxylic acids is 1. The molecule has 0 aromatic heterocycles. The van der Waals surface area contributed by atoms with E-state index in [1.807, 2.05) is 0 Å². The molecule has 1 N–H and O–H groups in total. The normalized spacial score (nSPS) is 9.62. The number of aliphatic carboxylic acids is 1. The molecule has 0 aliphatic rings. The van der Waals surface area contributed by atoms with Crippen LogP contribution in [-0.2, 0) is 16.0 Å². The third kappa shape index (κ3) is 2.66. The topological polar surface area (TPSA) is 54.4 Å². The van der Waals surface area contributed by atoms with Gasteiger partial charge in [-0.05, 0) is 17.7 Å². The van der Waals surface area contributed by atoms with Crippen LogP contribution in [0.4, 0.5) is 4.39 Å². The molecule has 1 aromatic carbocycles. The minimum absolute atomic E-state index is 0.271. The van der Waals surface area contributed by atoms with E-state index in [9.17, 15) is 14.0 Å². The molecule has 0 fully saturated rings. The van der Waals surface area contributed by atoms with Crippen LogP contribution in [0.15, 0.2) is 24.3 Å². The van der Waals surface area contributed by atoms with E-state index in [1.54, 1.807) is 0 Å². The molecule has 0 unspecified atom stereocenters. The van der Waals surface area contributed by atoms with Gasteiger partial charge < -0.3 is 5.11 Å². The highest BCUT2D eigenvalue weighted by Gasteiger charge is 2.11. The van der Waals surface area contributed by atoms with Crippen LogP contribution in [0, 0.1) is 5.82 Å². The Morgan fingerprint density at radius 3 is 2.62 bits per heavy atom. The molecule has 3 nitrogen and oxygen atoms in total. The second-order valence-electron chi connectivity index (χ2n) is 2.54. The van der Waals surface area contributed by atoms with Gasteiger partial charge in [-0.1, -0.05) is 12.1 Å². The van der Waals surface area contributed by atoms with Gasteiger partial charge in [0.15, 0.2) is 0 Å². The highest BCUT2D eigenvalue weighted by molar-refractivity contribution is 6.33. The number of ketones is 1. The zero-order valence-electron chi connectivity index (χ0n) is 6.66. The van der Waals surface area contributed by atoms with E-state index in [2.05, 4.69) is 0 Å². The Morgan fingerprint density at radius 2 is 2.08 bits per heavy atom. The smallest absolute Gasteiger partial charge is 0.372 e. The third-order valence-corrected chi connectivity index (χ3v) is 1.49. The number of carboxylic acid groups (broad SMARTS) is 1. The van der Waals surface area contributed by atoms with E-state index in [1.165, 1.54) is 18.2 Å². The molecule has 0 amide bonds. The predicted octanol–water partition coefficient (Wildman–Crippen LogP) is 1.02. The van der Waals surface area contributed by atoms with Gasteiger partial charge in [-0.25, -0.2) is 9.18 Å². The van der Waals surface area contributed by atoms with Gasteiger partial charge in [0.1, 0.15) is 5.82 Å². The fraction of sp³-hybridized carbons (Fsp3) is 0.111. The second-order valence-corrected chi connectivity index (χ2v) is 2.54. The highest BCUT2D eigenvalue weighted by Crippen LogP contribution is 2.04. The lowest BCUT2D eigenvalue weighted by Gasteiger charge is -1.96. The molecule has 0 saturated heterocycles. The van der Waals surface area contributed by atoms with Crippen LogP contribution in [0.1, 0.15) is 5.56 Å². The van der Waals surface area contributed by atoms with Crippen molar-refractivity contribution in [3.63, 3.8) is 0 Å². The van der Waals surface area contributed by atoms with E-state index in [-0.39, 0.29) is 6.42 Å². The van der Waals surface area contributed by atoms with Crippen LogP contribution in [0.25, 0.3) is 0 Å². The highest BCUT2D eigenvalue weighted by atomic mass is 19.1. The van der Waals surface area contributed by atoms with Crippen molar-refractivity contribution >= 4 is 11.8 Å². The van der Waals surface area contributed by atoms with E-state index in [0.717, 1.165) is 6.07 Å². The minimum atomic E-state index is -1.50. The van der Waals surface area contributed by atoms with Gasteiger partial charge in [0, 0.05) is 6.42 Å². The maximum absolute atomic E-state index is 12.6. The lowest BCUT2D eigenvalue weighted by Crippen LogP contribution is -2.14. The Balaban J connectivity index is 2.75. The zero-order chi connectivity index (χ0) is 9.84. The van der Waals surface area contributed by atoms with Crippen LogP contribution < -0.4 is 0 Å². The summed E-state index contributed by atoms with van der Waals surface area (Å²) in [6.45, 7) is 0. The van der Waals surface area contributed by atoms with Crippen molar-refractivity contribution in [1.29, 1.82) is 0 Å². The quantitative estimate of drug-likeness (QED) is 0.710. The third-order valence-electron chi connectivity index (χ3n) is 1.49. The molecule has 0 atom stereocenters. The lowest BCUT2D eigenvalue weighted by atomic mass is 10.1. The van der Waals surface area contributed by atoms with Crippen LogP contribution in [0.5, 0.6) is 0 Å². The lowest BCUT2D eigenvalue weighted by molar-refractivity contribution is -0.148. The maximum Gasteiger partial charge on any atom is 0.372 e. The Hall–Kier alpha value is -1.71. The zero-order valence-corrected chi connectivity index (χ0v) is 6.66. The van der Waals surface area contributed by atoms with Gasteiger partial charge in [-0.3, -0.25) is 4.79 Å². The van der Waals surface area contributed by atoms with Crippen molar-refractivity contribution in [2.45, 2.75) is 6.42 Å². The monoisotopic (exact) mass is 182 g/mol. The van der Waals surface area contributed by atoms with Gasteiger partial charge in [0.05, 0.1) is 0 Å². The van der Waals surface area contributed by atoms with Crippen molar-refractivity contribution in [2.24, 2.45) is 0 Å². The van der Waals surface area contributed by atoms with E-state index in [0.29, 0.717) is 5.56 Å². The van der Waals surface area contributed by atoms with Gasteiger partial charge >= 0.3 is 5.97 Å². The number of Topliss-reactive ketones (excluding diaryl/α,β-unsaturated/α-hetero) is 1. The average Bonchev–Trinajstić information content (AvgIpc) is 2.04. The number of hydrogen-bond acceptors (Lipinski definition) is 2. The average molecular weight is 182 g/mol. The van der Waals surface area contributed by atoms with Crippen molar-refractivity contribution < 1.29 is 19.1 Å². The molecule has 0 aliphatic heterocycles. The summed E-state index contributed by atoms with van der Waals surface area (Å²) in [4.78, 5) is 20.8. The van der Waals surface area contributed by atoms with E-state index < -0.39 is 17.6 Å². The summed E-state index contributed by atoms with van der Waals surface area (Å²) in [6.07, 6.45) is -0.271. The predicted molar refractivity (Wildman–Crippen MR) is 42.7 cm³/mol. The molecule has 1 aromatic rings. The van der Waals surface area contributed by atoms with Crippen molar-refractivity contribution in [1.82, 2.24) is 0 Å². The van der Waals surface area contributed by atoms with Crippen LogP contribution in [-0.4, -0.2) is 16.9 Å². The van der Waals surface area contributed by atoms with Gasteiger partial charge in [-0.2, -0.15) is 0 Å².